The summed E-state index contributed by atoms with van der Waals surface area (Å²) in [7, 11) is 3.60. The van der Waals surface area contributed by atoms with Crippen LogP contribution in [0, 0.1) is 5.92 Å². The van der Waals surface area contributed by atoms with Crippen LogP contribution in [0.25, 0.3) is 0 Å². The molecule has 0 rings (SSSR count). The monoisotopic (exact) mass is 269 g/mol. The van der Waals surface area contributed by atoms with Gasteiger partial charge in [-0.15, -0.1) is 0 Å². The topological polar surface area (TPSA) is 20.3 Å². The molecule has 0 aliphatic rings. The van der Waals surface area contributed by atoms with Crippen LogP contribution < -0.4 is 0 Å². The molecule has 0 spiro atoms. The molecule has 1 atom stereocenters. The van der Waals surface area contributed by atoms with Crippen molar-refractivity contribution in [1.82, 2.24) is 4.90 Å². The predicted octanol–water partition coefficient (Wildman–Crippen LogP) is 1.92. The Morgan fingerprint density at radius 3 is 2.18 bits per heavy atom. The molecule has 1 amide bonds. The Morgan fingerprint density at radius 2 is 1.91 bits per heavy atom. The number of alkyl halides is 1. The summed E-state index contributed by atoms with van der Waals surface area (Å²) in [4.78, 5) is 12.9. The highest BCUT2D eigenvalue weighted by atomic mass is 127. The van der Waals surface area contributed by atoms with Crippen LogP contribution in [0.2, 0.25) is 0 Å². The first-order valence-electron chi connectivity index (χ1n) is 3.80. The Kier molecular flexibility index (Phi) is 5.04. The summed E-state index contributed by atoms with van der Waals surface area (Å²) < 4.78 is 0.141. The van der Waals surface area contributed by atoms with E-state index in [2.05, 4.69) is 36.4 Å². The normalized spacial score (nSPS) is 13.3. The lowest BCUT2D eigenvalue weighted by Crippen LogP contribution is -2.30. The minimum Gasteiger partial charge on any atom is -0.348 e. The molecule has 0 aliphatic carbocycles. The van der Waals surface area contributed by atoms with Gasteiger partial charge in [0.2, 0.25) is 5.91 Å². The van der Waals surface area contributed by atoms with Crippen molar-refractivity contribution in [3.8, 4) is 0 Å². The molecule has 0 fully saturated rings. The van der Waals surface area contributed by atoms with Gasteiger partial charge in [-0.2, -0.15) is 0 Å². The molecule has 0 saturated heterocycles. The summed E-state index contributed by atoms with van der Waals surface area (Å²) in [6, 6.07) is 0. The molecule has 1 unspecified atom stereocenters. The molecular formula is C8H16INO. The second-order valence-electron chi connectivity index (χ2n) is 3.33. The van der Waals surface area contributed by atoms with Gasteiger partial charge in [-0.1, -0.05) is 36.4 Å². The van der Waals surface area contributed by atoms with E-state index in [9.17, 15) is 4.79 Å². The quantitative estimate of drug-likeness (QED) is 0.566. The van der Waals surface area contributed by atoms with E-state index in [-0.39, 0.29) is 9.83 Å². The fraction of sp³-hybridized carbons (Fsp3) is 0.875. The fourth-order valence-electron chi connectivity index (χ4n) is 0.795. The highest BCUT2D eigenvalue weighted by Gasteiger charge is 2.17. The number of halogens is 1. The van der Waals surface area contributed by atoms with Gasteiger partial charge in [-0.3, -0.25) is 4.79 Å². The van der Waals surface area contributed by atoms with Gasteiger partial charge >= 0.3 is 0 Å². The predicted molar refractivity (Wildman–Crippen MR) is 56.0 cm³/mol. The molecule has 0 bridgehead atoms. The lowest BCUT2D eigenvalue weighted by Gasteiger charge is -2.16. The summed E-state index contributed by atoms with van der Waals surface area (Å²) in [5.41, 5.74) is 0. The van der Waals surface area contributed by atoms with E-state index in [0.717, 1.165) is 6.42 Å². The van der Waals surface area contributed by atoms with Crippen molar-refractivity contribution in [1.29, 1.82) is 0 Å². The van der Waals surface area contributed by atoms with Crippen LogP contribution in [0.15, 0.2) is 0 Å². The molecule has 0 N–H and O–H groups in total. The third kappa shape index (κ3) is 4.61. The van der Waals surface area contributed by atoms with Crippen LogP contribution in [0.3, 0.4) is 0 Å². The van der Waals surface area contributed by atoms with Gasteiger partial charge in [0.05, 0.1) is 3.92 Å². The lowest BCUT2D eigenvalue weighted by molar-refractivity contribution is -0.127. The van der Waals surface area contributed by atoms with E-state index >= 15 is 0 Å². The highest BCUT2D eigenvalue weighted by molar-refractivity contribution is 14.1. The van der Waals surface area contributed by atoms with E-state index in [1.54, 1.807) is 19.0 Å². The average Bonchev–Trinajstić information content (AvgIpc) is 1.84. The van der Waals surface area contributed by atoms with Gasteiger partial charge in [0, 0.05) is 14.1 Å². The van der Waals surface area contributed by atoms with E-state index in [4.69, 9.17) is 0 Å². The van der Waals surface area contributed by atoms with E-state index in [0.29, 0.717) is 5.92 Å². The van der Waals surface area contributed by atoms with Crippen molar-refractivity contribution < 1.29 is 4.79 Å². The first kappa shape index (κ1) is 11.2. The molecule has 0 aromatic rings. The average molecular weight is 269 g/mol. The van der Waals surface area contributed by atoms with Crippen molar-refractivity contribution in [3.63, 3.8) is 0 Å². The van der Waals surface area contributed by atoms with Crippen molar-refractivity contribution in [2.24, 2.45) is 5.92 Å². The van der Waals surface area contributed by atoms with Crippen LogP contribution in [-0.2, 0) is 4.79 Å². The largest absolute Gasteiger partial charge is 0.348 e. The van der Waals surface area contributed by atoms with Gasteiger partial charge in [0.25, 0.3) is 0 Å². The summed E-state index contributed by atoms with van der Waals surface area (Å²) >= 11 is 2.21. The van der Waals surface area contributed by atoms with Gasteiger partial charge in [0.1, 0.15) is 0 Å². The van der Waals surface area contributed by atoms with Crippen molar-refractivity contribution in [3.05, 3.63) is 0 Å². The molecular weight excluding hydrogens is 253 g/mol. The van der Waals surface area contributed by atoms with Crippen LogP contribution in [0.1, 0.15) is 20.3 Å². The first-order valence-corrected chi connectivity index (χ1v) is 5.05. The third-order valence-electron chi connectivity index (χ3n) is 1.39. The molecule has 11 heavy (non-hydrogen) atoms. The van der Waals surface area contributed by atoms with Gasteiger partial charge in [-0.05, 0) is 12.3 Å². The molecule has 0 saturated carbocycles. The summed E-state index contributed by atoms with van der Waals surface area (Å²) in [6.07, 6.45) is 0.970. The number of carbonyl (C=O) groups is 1. The zero-order valence-electron chi connectivity index (χ0n) is 7.60. The van der Waals surface area contributed by atoms with E-state index in [1.807, 2.05) is 0 Å². The number of hydrogen-bond acceptors (Lipinski definition) is 1. The highest BCUT2D eigenvalue weighted by Crippen LogP contribution is 2.14. The minimum atomic E-state index is 0.141. The molecule has 0 aromatic carbocycles. The molecule has 66 valence electrons. The first-order chi connectivity index (χ1) is 4.95. The van der Waals surface area contributed by atoms with Crippen LogP contribution in [0.5, 0.6) is 0 Å². The number of hydrogen-bond donors (Lipinski definition) is 0. The summed E-state index contributed by atoms with van der Waals surface area (Å²) in [5.74, 6) is 0.820. The standard InChI is InChI=1S/C8H16INO/c1-6(2)5-7(9)8(11)10(3)4/h6-7H,5H2,1-4H3. The molecule has 3 heteroatoms. The maximum atomic E-state index is 11.3. The Hall–Kier alpha value is 0.200. The third-order valence-corrected chi connectivity index (χ3v) is 2.43. The SMILES string of the molecule is CC(C)CC(I)C(=O)N(C)C. The molecule has 0 aliphatic heterocycles. The van der Waals surface area contributed by atoms with Crippen LogP contribution >= 0.6 is 22.6 Å². The smallest absolute Gasteiger partial charge is 0.235 e. The lowest BCUT2D eigenvalue weighted by atomic mass is 10.1. The number of nitrogens with zero attached hydrogens (tertiary/aromatic N) is 1. The van der Waals surface area contributed by atoms with Gasteiger partial charge in [-0.25, -0.2) is 0 Å². The van der Waals surface area contributed by atoms with Crippen molar-refractivity contribution >= 4 is 28.5 Å². The second-order valence-corrected chi connectivity index (χ2v) is 4.83. The maximum absolute atomic E-state index is 11.3. The zero-order chi connectivity index (χ0) is 9.02. The number of carbonyl (C=O) groups excluding carboxylic acids is 1. The summed E-state index contributed by atoms with van der Waals surface area (Å²) in [5, 5.41) is 0. The van der Waals surface area contributed by atoms with Crippen LogP contribution in [-0.4, -0.2) is 28.8 Å². The molecule has 0 heterocycles. The Balaban J connectivity index is 3.83. The molecule has 2 nitrogen and oxygen atoms in total. The molecule has 0 aromatic heterocycles. The summed E-state index contributed by atoms with van der Waals surface area (Å²) in [6.45, 7) is 4.27. The van der Waals surface area contributed by atoms with Crippen molar-refractivity contribution in [2.45, 2.75) is 24.2 Å². The molecule has 0 radical (unpaired) electrons. The number of amides is 1. The zero-order valence-corrected chi connectivity index (χ0v) is 9.75. The number of rotatable bonds is 3. The van der Waals surface area contributed by atoms with Crippen molar-refractivity contribution in [2.75, 3.05) is 14.1 Å². The van der Waals surface area contributed by atoms with E-state index < -0.39 is 0 Å². The second kappa shape index (κ2) is 4.95. The Bertz CT molecular complexity index is 134. The Labute approximate surface area is 82.5 Å². The van der Waals surface area contributed by atoms with E-state index in [1.165, 1.54) is 0 Å². The van der Waals surface area contributed by atoms with Gasteiger partial charge < -0.3 is 4.90 Å². The van der Waals surface area contributed by atoms with Gasteiger partial charge in [0.15, 0.2) is 0 Å². The Morgan fingerprint density at radius 1 is 1.45 bits per heavy atom. The fourth-order valence-corrected chi connectivity index (χ4v) is 2.37. The minimum absolute atomic E-state index is 0.141. The van der Waals surface area contributed by atoms with Crippen LogP contribution in [0.4, 0.5) is 0 Å². The maximum Gasteiger partial charge on any atom is 0.235 e.